The number of hydrogen-bond donors (Lipinski definition) is 2. The highest BCUT2D eigenvalue weighted by molar-refractivity contribution is 5.97. The number of carboxylic acids is 1. The van der Waals surface area contributed by atoms with Crippen molar-refractivity contribution >= 4 is 17.3 Å². The van der Waals surface area contributed by atoms with E-state index in [-0.39, 0.29) is 0 Å². The van der Waals surface area contributed by atoms with Gasteiger partial charge >= 0.3 is 12.0 Å². The molecule has 0 amide bonds. The molecule has 2 aromatic rings. The predicted octanol–water partition coefficient (Wildman–Crippen LogP) is 3.45. The maximum Gasteiger partial charge on any atom is 0.350 e. The number of rotatable bonds is 5. The number of carboxylic acid groups (broad SMARTS) is 1. The molecule has 114 valence electrons. The van der Waals surface area contributed by atoms with Crippen LogP contribution in [0, 0.1) is 10.1 Å². The van der Waals surface area contributed by atoms with Crippen molar-refractivity contribution < 1.29 is 23.6 Å². The lowest BCUT2D eigenvalue weighted by molar-refractivity contribution is -0.384. The van der Waals surface area contributed by atoms with E-state index in [1.54, 1.807) is 5.32 Å². The molecule has 0 bridgehead atoms. The van der Waals surface area contributed by atoms with Gasteiger partial charge in [0.25, 0.3) is 5.69 Å². The quantitative estimate of drug-likeness (QED) is 0.501. The molecular weight excluding hydrogens is 298 g/mol. The third-order valence-electron chi connectivity index (χ3n) is 2.89. The number of para-hydroxylation sites is 1. The number of carbonyl (C=O) groups is 1. The van der Waals surface area contributed by atoms with E-state index in [9.17, 15) is 23.7 Å². The van der Waals surface area contributed by atoms with E-state index in [4.69, 9.17) is 5.11 Å². The largest absolute Gasteiger partial charge is 0.478 e. The summed E-state index contributed by atoms with van der Waals surface area (Å²) in [5.41, 5.74) is -2.53. The van der Waals surface area contributed by atoms with E-state index >= 15 is 0 Å². The van der Waals surface area contributed by atoms with Crippen molar-refractivity contribution in [3.05, 3.63) is 69.8 Å². The number of halogens is 2. The summed E-state index contributed by atoms with van der Waals surface area (Å²) in [6.07, 6.45) is 0. The Bertz CT molecular complexity index is 688. The summed E-state index contributed by atoms with van der Waals surface area (Å²) in [6, 6.07) is 5.96. The van der Waals surface area contributed by atoms with Gasteiger partial charge in [-0.15, -0.1) is 0 Å². The monoisotopic (exact) mass is 308 g/mol. The lowest BCUT2D eigenvalue weighted by atomic mass is 10.1. The fourth-order valence-corrected chi connectivity index (χ4v) is 1.88. The van der Waals surface area contributed by atoms with Crippen molar-refractivity contribution in [3.8, 4) is 0 Å². The molecule has 6 nitrogen and oxygen atoms in total. The molecule has 0 unspecified atom stereocenters. The summed E-state index contributed by atoms with van der Waals surface area (Å²) in [5.74, 6) is -1.55. The van der Waals surface area contributed by atoms with Gasteiger partial charge in [-0.2, -0.15) is 8.78 Å². The zero-order valence-electron chi connectivity index (χ0n) is 11.0. The van der Waals surface area contributed by atoms with Gasteiger partial charge in [0.05, 0.1) is 10.5 Å². The first-order valence-corrected chi connectivity index (χ1v) is 6.05. The topological polar surface area (TPSA) is 92.5 Å². The first-order valence-electron chi connectivity index (χ1n) is 6.05. The summed E-state index contributed by atoms with van der Waals surface area (Å²) in [6.45, 7) is 0. The SMILES string of the molecule is O=C(O)c1cccc([N+](=O)[O-])c1NC(F)(F)c1ccccc1. The molecule has 0 aromatic heterocycles. The Hall–Kier alpha value is -3.03. The second-order valence-electron chi connectivity index (χ2n) is 4.33. The van der Waals surface area contributed by atoms with Crippen LogP contribution in [0.1, 0.15) is 15.9 Å². The summed E-state index contributed by atoms with van der Waals surface area (Å²) in [7, 11) is 0. The number of anilines is 1. The molecule has 0 heterocycles. The lowest BCUT2D eigenvalue weighted by Gasteiger charge is -2.20. The number of nitro benzene ring substituents is 1. The Morgan fingerprint density at radius 3 is 2.32 bits per heavy atom. The molecule has 0 saturated carbocycles. The van der Waals surface area contributed by atoms with Crippen LogP contribution >= 0.6 is 0 Å². The van der Waals surface area contributed by atoms with Crippen molar-refractivity contribution in [2.24, 2.45) is 0 Å². The minimum absolute atomic E-state index is 0.440. The highest BCUT2D eigenvalue weighted by Crippen LogP contribution is 2.36. The summed E-state index contributed by atoms with van der Waals surface area (Å²) in [4.78, 5) is 21.1. The second kappa shape index (κ2) is 5.76. The van der Waals surface area contributed by atoms with Gasteiger partial charge in [-0.25, -0.2) is 4.79 Å². The van der Waals surface area contributed by atoms with Gasteiger partial charge < -0.3 is 10.4 Å². The number of nitrogens with one attached hydrogen (secondary N) is 1. The molecule has 2 N–H and O–H groups in total. The molecule has 22 heavy (non-hydrogen) atoms. The van der Waals surface area contributed by atoms with Gasteiger partial charge in [0.1, 0.15) is 5.69 Å². The Morgan fingerprint density at radius 2 is 1.77 bits per heavy atom. The van der Waals surface area contributed by atoms with Gasteiger partial charge in [-0.3, -0.25) is 10.1 Å². The molecule has 0 aliphatic carbocycles. The molecule has 0 radical (unpaired) electrons. The van der Waals surface area contributed by atoms with Crippen LogP contribution in [0.15, 0.2) is 48.5 Å². The van der Waals surface area contributed by atoms with Crippen LogP contribution < -0.4 is 5.32 Å². The van der Waals surface area contributed by atoms with Gasteiger partial charge in [0, 0.05) is 11.6 Å². The molecule has 0 aliphatic rings. The lowest BCUT2D eigenvalue weighted by Crippen LogP contribution is -2.26. The van der Waals surface area contributed by atoms with E-state index in [0.717, 1.165) is 30.3 Å². The summed E-state index contributed by atoms with van der Waals surface area (Å²) in [5, 5.41) is 21.7. The number of nitro groups is 1. The highest BCUT2D eigenvalue weighted by Gasteiger charge is 2.35. The number of nitrogens with zero attached hydrogens (tertiary/aromatic N) is 1. The van der Waals surface area contributed by atoms with Crippen LogP contribution in [0.2, 0.25) is 0 Å². The van der Waals surface area contributed by atoms with E-state index in [0.29, 0.717) is 0 Å². The third kappa shape index (κ3) is 3.00. The van der Waals surface area contributed by atoms with Gasteiger partial charge in [0.2, 0.25) is 0 Å². The van der Waals surface area contributed by atoms with Crippen LogP contribution in [0.5, 0.6) is 0 Å². The van der Waals surface area contributed by atoms with Crippen LogP contribution in [0.25, 0.3) is 0 Å². The van der Waals surface area contributed by atoms with Gasteiger partial charge in [0.15, 0.2) is 0 Å². The normalized spacial score (nSPS) is 11.0. The maximum atomic E-state index is 14.2. The maximum absolute atomic E-state index is 14.2. The molecular formula is C14H10F2N2O4. The molecule has 0 fully saturated rings. The number of benzene rings is 2. The summed E-state index contributed by atoms with van der Waals surface area (Å²) < 4.78 is 28.4. The fourth-order valence-electron chi connectivity index (χ4n) is 1.88. The fraction of sp³-hybridized carbons (Fsp3) is 0.0714. The predicted molar refractivity (Wildman–Crippen MR) is 74.0 cm³/mol. The van der Waals surface area contributed by atoms with Crippen LogP contribution in [-0.4, -0.2) is 16.0 Å². The molecule has 0 aliphatic heterocycles. The molecule has 0 atom stereocenters. The average molecular weight is 308 g/mol. The smallest absolute Gasteiger partial charge is 0.350 e. The number of aromatic carboxylic acids is 1. The van der Waals surface area contributed by atoms with Gasteiger partial charge in [-0.1, -0.05) is 36.4 Å². The van der Waals surface area contributed by atoms with E-state index in [1.165, 1.54) is 18.2 Å². The molecule has 0 saturated heterocycles. The van der Waals surface area contributed by atoms with Crippen LogP contribution in [0.3, 0.4) is 0 Å². The molecule has 8 heteroatoms. The van der Waals surface area contributed by atoms with E-state index in [2.05, 4.69) is 0 Å². The van der Waals surface area contributed by atoms with Crippen molar-refractivity contribution in [3.63, 3.8) is 0 Å². The van der Waals surface area contributed by atoms with Crippen LogP contribution in [0.4, 0.5) is 20.2 Å². The molecule has 2 aromatic carbocycles. The minimum Gasteiger partial charge on any atom is -0.478 e. The van der Waals surface area contributed by atoms with Crippen molar-refractivity contribution in [2.45, 2.75) is 6.05 Å². The Balaban J connectivity index is 2.52. The highest BCUT2D eigenvalue weighted by atomic mass is 19.3. The van der Waals surface area contributed by atoms with Crippen LogP contribution in [-0.2, 0) is 6.05 Å². The Kier molecular flexibility index (Phi) is 4.02. The first-order chi connectivity index (χ1) is 10.3. The van der Waals surface area contributed by atoms with Crippen molar-refractivity contribution in [2.75, 3.05) is 5.32 Å². The van der Waals surface area contributed by atoms with E-state index in [1.807, 2.05) is 0 Å². The number of alkyl halides is 2. The minimum atomic E-state index is -3.67. The van der Waals surface area contributed by atoms with Crippen molar-refractivity contribution in [1.29, 1.82) is 0 Å². The van der Waals surface area contributed by atoms with Crippen molar-refractivity contribution in [1.82, 2.24) is 0 Å². The molecule has 2 rings (SSSR count). The number of hydrogen-bond acceptors (Lipinski definition) is 4. The Morgan fingerprint density at radius 1 is 1.14 bits per heavy atom. The second-order valence-corrected chi connectivity index (χ2v) is 4.33. The zero-order chi connectivity index (χ0) is 16.3. The summed E-state index contributed by atoms with van der Waals surface area (Å²) >= 11 is 0. The Labute approximate surface area is 123 Å². The van der Waals surface area contributed by atoms with E-state index < -0.39 is 39.4 Å². The standard InChI is InChI=1S/C14H10F2N2O4/c15-14(16,9-5-2-1-3-6-9)17-12-10(13(19)20)7-4-8-11(12)18(21)22/h1-8,17H,(H,19,20). The average Bonchev–Trinajstić information content (AvgIpc) is 2.47. The van der Waals surface area contributed by atoms with Gasteiger partial charge in [-0.05, 0) is 6.07 Å². The molecule has 0 spiro atoms. The third-order valence-corrected chi connectivity index (χ3v) is 2.89. The first kappa shape index (κ1) is 15.4. The zero-order valence-corrected chi connectivity index (χ0v) is 11.0.